The molecule has 28 heavy (non-hydrogen) atoms. The maximum atomic E-state index is 12.8. The molecule has 3 N–H and O–H groups in total. The number of carbonyl (C=O) groups is 1. The normalized spacial score (nSPS) is 24.8. The van der Waals surface area contributed by atoms with Gasteiger partial charge in [0, 0.05) is 0 Å². The topological polar surface area (TPSA) is 77.1 Å². The predicted molar refractivity (Wildman–Crippen MR) is 101 cm³/mol. The molecule has 3 heterocycles. The molecule has 0 aliphatic carbocycles. The van der Waals surface area contributed by atoms with Crippen LogP contribution < -0.4 is 19.3 Å². The van der Waals surface area contributed by atoms with Crippen molar-refractivity contribution < 1.29 is 33.9 Å². The lowest BCUT2D eigenvalue weighted by atomic mass is 10.2. The van der Waals surface area contributed by atoms with Crippen molar-refractivity contribution in [3.8, 4) is 11.5 Å². The molecule has 0 spiro atoms. The quantitative estimate of drug-likeness (QED) is 0.492. The second-order valence-corrected chi connectivity index (χ2v) is 7.86. The lowest BCUT2D eigenvalue weighted by Crippen LogP contribution is -3.19. The molecular weight excluding hydrogens is 362 g/mol. The number of piperazine rings is 1. The molecule has 2 saturated heterocycles. The Labute approximate surface area is 165 Å². The van der Waals surface area contributed by atoms with E-state index in [4.69, 9.17) is 14.2 Å². The molecule has 8 nitrogen and oxygen atoms in total. The predicted octanol–water partition coefficient (Wildman–Crippen LogP) is -3.17. The molecule has 154 valence electrons. The average Bonchev–Trinajstić information content (AvgIpc) is 2.74. The highest BCUT2D eigenvalue weighted by Gasteiger charge is 2.34. The van der Waals surface area contributed by atoms with Gasteiger partial charge in [-0.15, -0.1) is 0 Å². The molecule has 0 unspecified atom stereocenters. The summed E-state index contributed by atoms with van der Waals surface area (Å²) in [5.74, 6) is 1.31. The molecule has 0 bridgehead atoms. The number of para-hydroxylation sites is 2. The molecule has 8 heteroatoms. The second-order valence-electron chi connectivity index (χ2n) is 7.86. The summed E-state index contributed by atoms with van der Waals surface area (Å²) in [5.41, 5.74) is 0. The van der Waals surface area contributed by atoms with Crippen LogP contribution in [0.3, 0.4) is 0 Å². The molecule has 0 saturated carbocycles. The van der Waals surface area contributed by atoms with E-state index in [1.54, 1.807) is 0 Å². The van der Waals surface area contributed by atoms with E-state index in [1.807, 2.05) is 29.2 Å². The molecule has 1 amide bonds. The number of quaternary nitrogens is 2. The average molecular weight is 393 g/mol. The maximum absolute atomic E-state index is 12.8. The zero-order valence-corrected chi connectivity index (χ0v) is 16.3. The molecule has 4 rings (SSSR count). The van der Waals surface area contributed by atoms with Crippen molar-refractivity contribution >= 4 is 5.91 Å². The Kier molecular flexibility index (Phi) is 6.31. The zero-order chi connectivity index (χ0) is 19.3. The Morgan fingerprint density at radius 3 is 2.43 bits per heavy atom. The zero-order valence-electron chi connectivity index (χ0n) is 16.3. The highest BCUT2D eigenvalue weighted by Crippen LogP contribution is 2.31. The number of hydrogen-bond acceptors (Lipinski definition) is 5. The van der Waals surface area contributed by atoms with E-state index in [2.05, 4.69) is 0 Å². The Bertz CT molecular complexity index is 659. The molecule has 0 radical (unpaired) electrons. The minimum Gasteiger partial charge on any atom is -0.485 e. The molecular formula is C20H31N3O5+2. The third kappa shape index (κ3) is 4.75. The maximum Gasteiger partial charge on any atom is 0.267 e. The van der Waals surface area contributed by atoms with Crippen LogP contribution in [0.4, 0.5) is 0 Å². The smallest absolute Gasteiger partial charge is 0.267 e. The first-order valence-electron chi connectivity index (χ1n) is 10.3. The third-order valence-electron chi connectivity index (χ3n) is 5.81. The van der Waals surface area contributed by atoms with E-state index in [0.717, 1.165) is 52.5 Å². The lowest BCUT2D eigenvalue weighted by molar-refractivity contribution is -0.930. The third-order valence-corrected chi connectivity index (χ3v) is 5.81. The van der Waals surface area contributed by atoms with Crippen molar-refractivity contribution in [1.29, 1.82) is 0 Å². The molecule has 3 aliphatic rings. The highest BCUT2D eigenvalue weighted by atomic mass is 16.6. The minimum atomic E-state index is -0.577. The first-order chi connectivity index (χ1) is 13.7. The number of nitrogens with one attached hydrogen (secondary N) is 2. The first kappa shape index (κ1) is 19.4. The van der Waals surface area contributed by atoms with Crippen LogP contribution in [0.5, 0.6) is 11.5 Å². The fourth-order valence-electron chi connectivity index (χ4n) is 4.20. The van der Waals surface area contributed by atoms with Crippen molar-refractivity contribution in [2.45, 2.75) is 12.2 Å². The van der Waals surface area contributed by atoms with Crippen LogP contribution in [0, 0.1) is 0 Å². The Morgan fingerprint density at radius 1 is 1.07 bits per heavy atom. The molecule has 2 fully saturated rings. The molecule has 3 aliphatic heterocycles. The first-order valence-corrected chi connectivity index (χ1v) is 10.3. The SMILES string of the molecule is O=C([C@@H]1COc2ccccc2O1)N1CC[NH+](C[C@H](O)C[NH+]2CCOCC2)CC1. The molecule has 1 aromatic rings. The van der Waals surface area contributed by atoms with Gasteiger partial charge in [0.1, 0.15) is 32.8 Å². The summed E-state index contributed by atoms with van der Waals surface area (Å²) in [6, 6.07) is 7.44. The van der Waals surface area contributed by atoms with Crippen molar-refractivity contribution in [3.63, 3.8) is 0 Å². The number of aliphatic hydroxyl groups excluding tert-OH is 1. The van der Waals surface area contributed by atoms with E-state index in [-0.39, 0.29) is 18.6 Å². The monoisotopic (exact) mass is 393 g/mol. The van der Waals surface area contributed by atoms with Gasteiger partial charge in [0.2, 0.25) is 6.10 Å². The van der Waals surface area contributed by atoms with Gasteiger partial charge < -0.3 is 34.0 Å². The van der Waals surface area contributed by atoms with Crippen LogP contribution in [0.15, 0.2) is 24.3 Å². The summed E-state index contributed by atoms with van der Waals surface area (Å²) < 4.78 is 16.9. The van der Waals surface area contributed by atoms with Crippen LogP contribution in [-0.2, 0) is 9.53 Å². The number of nitrogens with zero attached hydrogens (tertiary/aromatic N) is 1. The van der Waals surface area contributed by atoms with Gasteiger partial charge in [-0.3, -0.25) is 4.79 Å². The van der Waals surface area contributed by atoms with Crippen LogP contribution in [0.2, 0.25) is 0 Å². The van der Waals surface area contributed by atoms with Gasteiger partial charge in [0.25, 0.3) is 5.91 Å². The van der Waals surface area contributed by atoms with Gasteiger partial charge in [-0.25, -0.2) is 0 Å². The number of amides is 1. The van der Waals surface area contributed by atoms with Gasteiger partial charge in [0.05, 0.1) is 39.4 Å². The summed E-state index contributed by atoms with van der Waals surface area (Å²) in [7, 11) is 0. The number of fused-ring (bicyclic) bond motifs is 1. The van der Waals surface area contributed by atoms with Crippen LogP contribution in [0.1, 0.15) is 0 Å². The summed E-state index contributed by atoms with van der Waals surface area (Å²) in [5, 5.41) is 10.4. The van der Waals surface area contributed by atoms with E-state index in [1.165, 1.54) is 9.80 Å². The van der Waals surface area contributed by atoms with Crippen LogP contribution in [0.25, 0.3) is 0 Å². The summed E-state index contributed by atoms with van der Waals surface area (Å²) >= 11 is 0. The number of aliphatic hydroxyl groups is 1. The van der Waals surface area contributed by atoms with Crippen LogP contribution in [-0.4, -0.2) is 100 Å². The van der Waals surface area contributed by atoms with Crippen molar-refractivity contribution in [2.24, 2.45) is 0 Å². The standard InChI is InChI=1S/C20H29N3O5/c24-16(14-22-9-11-26-12-10-22)13-21-5-7-23(8-6-21)20(25)19-15-27-17-3-1-2-4-18(17)28-19/h1-4,16,19,24H,5-15H2/p+2/t16-,19-/m0/s1. The number of ether oxygens (including phenoxy) is 3. The summed E-state index contributed by atoms with van der Waals surface area (Å²) in [4.78, 5) is 17.4. The molecule has 0 aromatic heterocycles. The highest BCUT2D eigenvalue weighted by molar-refractivity contribution is 5.82. The van der Waals surface area contributed by atoms with Gasteiger partial charge in [-0.05, 0) is 12.1 Å². The number of rotatable bonds is 5. The molecule has 1 aromatic carbocycles. The van der Waals surface area contributed by atoms with E-state index >= 15 is 0 Å². The number of carbonyl (C=O) groups excluding carboxylic acids is 1. The number of hydrogen-bond donors (Lipinski definition) is 3. The van der Waals surface area contributed by atoms with E-state index in [9.17, 15) is 9.90 Å². The lowest BCUT2D eigenvalue weighted by Gasteiger charge is -2.36. The summed E-state index contributed by atoms with van der Waals surface area (Å²) in [6.45, 7) is 8.37. The van der Waals surface area contributed by atoms with E-state index < -0.39 is 6.10 Å². The van der Waals surface area contributed by atoms with Crippen molar-refractivity contribution in [1.82, 2.24) is 4.90 Å². The van der Waals surface area contributed by atoms with Crippen LogP contribution >= 0.6 is 0 Å². The Balaban J connectivity index is 1.21. The number of morpholine rings is 1. The van der Waals surface area contributed by atoms with Gasteiger partial charge in [0.15, 0.2) is 17.6 Å². The molecule has 2 atom stereocenters. The van der Waals surface area contributed by atoms with Crippen molar-refractivity contribution in [2.75, 3.05) is 72.2 Å². The van der Waals surface area contributed by atoms with Gasteiger partial charge in [-0.1, -0.05) is 12.1 Å². The Hall–Kier alpha value is -1.87. The van der Waals surface area contributed by atoms with Crippen molar-refractivity contribution in [3.05, 3.63) is 24.3 Å². The van der Waals surface area contributed by atoms with E-state index in [0.29, 0.717) is 24.6 Å². The fourth-order valence-corrected chi connectivity index (χ4v) is 4.20. The minimum absolute atomic E-state index is 0.00753. The largest absolute Gasteiger partial charge is 0.485 e. The Morgan fingerprint density at radius 2 is 1.71 bits per heavy atom. The second kappa shape index (κ2) is 9.09. The number of benzene rings is 1. The summed E-state index contributed by atoms with van der Waals surface area (Å²) in [6.07, 6.45) is -0.885. The van der Waals surface area contributed by atoms with Gasteiger partial charge in [-0.2, -0.15) is 0 Å². The van der Waals surface area contributed by atoms with Gasteiger partial charge >= 0.3 is 0 Å². The fraction of sp³-hybridized carbons (Fsp3) is 0.650.